The SMILES string of the molecule is CC[C@@H](C)Oc1c(Cl)cc(C=Nc2ccc([N+](=O)[O-])cc2)cc1OC. The first-order valence-corrected chi connectivity index (χ1v) is 8.15. The van der Waals surface area contributed by atoms with E-state index in [-0.39, 0.29) is 11.8 Å². The topological polar surface area (TPSA) is 74.0 Å². The second-order valence-corrected chi connectivity index (χ2v) is 5.81. The monoisotopic (exact) mass is 362 g/mol. The highest BCUT2D eigenvalue weighted by atomic mass is 35.5. The van der Waals surface area contributed by atoms with Crippen LogP contribution >= 0.6 is 11.6 Å². The summed E-state index contributed by atoms with van der Waals surface area (Å²) in [7, 11) is 1.55. The third kappa shape index (κ3) is 4.93. The maximum atomic E-state index is 10.7. The summed E-state index contributed by atoms with van der Waals surface area (Å²) in [6.45, 7) is 3.98. The molecule has 0 spiro atoms. The van der Waals surface area contributed by atoms with Gasteiger partial charge in [-0.15, -0.1) is 0 Å². The lowest BCUT2D eigenvalue weighted by molar-refractivity contribution is -0.384. The smallest absolute Gasteiger partial charge is 0.269 e. The van der Waals surface area contributed by atoms with Gasteiger partial charge in [0.15, 0.2) is 11.5 Å². The molecule has 0 saturated heterocycles. The van der Waals surface area contributed by atoms with Gasteiger partial charge in [-0.25, -0.2) is 0 Å². The zero-order valence-electron chi connectivity index (χ0n) is 14.2. The number of hydrogen-bond acceptors (Lipinski definition) is 5. The Morgan fingerprint density at radius 3 is 2.56 bits per heavy atom. The van der Waals surface area contributed by atoms with Crippen LogP contribution in [-0.4, -0.2) is 24.4 Å². The molecule has 0 unspecified atom stereocenters. The molecule has 2 rings (SSSR count). The molecule has 0 aliphatic rings. The molecule has 132 valence electrons. The zero-order valence-corrected chi connectivity index (χ0v) is 15.0. The molecule has 0 bridgehead atoms. The van der Waals surface area contributed by atoms with Gasteiger partial charge in [0, 0.05) is 18.3 Å². The Balaban J connectivity index is 2.24. The van der Waals surface area contributed by atoms with E-state index in [1.165, 1.54) is 12.1 Å². The lowest BCUT2D eigenvalue weighted by Gasteiger charge is -2.17. The van der Waals surface area contributed by atoms with Crippen LogP contribution in [0.5, 0.6) is 11.5 Å². The first-order chi connectivity index (χ1) is 11.9. The zero-order chi connectivity index (χ0) is 18.4. The third-order valence-electron chi connectivity index (χ3n) is 3.57. The predicted molar refractivity (Wildman–Crippen MR) is 98.7 cm³/mol. The molecule has 0 N–H and O–H groups in total. The average molecular weight is 363 g/mol. The molecule has 0 amide bonds. The Hall–Kier alpha value is -2.60. The fraction of sp³-hybridized carbons (Fsp3) is 0.278. The molecular weight excluding hydrogens is 344 g/mol. The molecule has 6 nitrogen and oxygen atoms in total. The fourth-order valence-corrected chi connectivity index (χ4v) is 2.29. The summed E-state index contributed by atoms with van der Waals surface area (Å²) in [5.41, 5.74) is 1.35. The highest BCUT2D eigenvalue weighted by Gasteiger charge is 2.14. The van der Waals surface area contributed by atoms with Crippen molar-refractivity contribution in [1.29, 1.82) is 0 Å². The lowest BCUT2D eigenvalue weighted by Crippen LogP contribution is -2.11. The van der Waals surface area contributed by atoms with Crippen molar-refractivity contribution in [3.05, 3.63) is 57.1 Å². The highest BCUT2D eigenvalue weighted by Crippen LogP contribution is 2.37. The van der Waals surface area contributed by atoms with Crippen molar-refractivity contribution in [2.45, 2.75) is 26.4 Å². The molecule has 0 aliphatic heterocycles. The van der Waals surface area contributed by atoms with Crippen LogP contribution in [0.1, 0.15) is 25.8 Å². The summed E-state index contributed by atoms with van der Waals surface area (Å²) < 4.78 is 11.2. The van der Waals surface area contributed by atoms with Crippen LogP contribution in [0.15, 0.2) is 41.4 Å². The first kappa shape index (κ1) is 18.7. The minimum absolute atomic E-state index is 0.0195. The summed E-state index contributed by atoms with van der Waals surface area (Å²) in [6, 6.07) is 9.48. The van der Waals surface area contributed by atoms with Crippen LogP contribution in [0, 0.1) is 10.1 Å². The minimum Gasteiger partial charge on any atom is -0.493 e. The van der Waals surface area contributed by atoms with Crippen LogP contribution in [-0.2, 0) is 0 Å². The fourth-order valence-electron chi connectivity index (χ4n) is 2.02. The molecule has 0 fully saturated rings. The van der Waals surface area contributed by atoms with Crippen molar-refractivity contribution in [2.24, 2.45) is 4.99 Å². The van der Waals surface area contributed by atoms with Gasteiger partial charge >= 0.3 is 0 Å². The third-order valence-corrected chi connectivity index (χ3v) is 3.85. The largest absolute Gasteiger partial charge is 0.493 e. The number of benzene rings is 2. The molecule has 1 atom stereocenters. The molecule has 0 heterocycles. The quantitative estimate of drug-likeness (QED) is 0.386. The maximum Gasteiger partial charge on any atom is 0.269 e. The number of non-ortho nitro benzene ring substituents is 1. The van der Waals surface area contributed by atoms with Crippen molar-refractivity contribution in [2.75, 3.05) is 7.11 Å². The number of methoxy groups -OCH3 is 1. The number of aliphatic imine (C=N–C) groups is 1. The average Bonchev–Trinajstić information content (AvgIpc) is 2.61. The second kappa shape index (κ2) is 8.48. The van der Waals surface area contributed by atoms with Gasteiger partial charge in [-0.1, -0.05) is 18.5 Å². The van der Waals surface area contributed by atoms with Crippen molar-refractivity contribution < 1.29 is 14.4 Å². The summed E-state index contributed by atoms with van der Waals surface area (Å²) in [5.74, 6) is 1.03. The second-order valence-electron chi connectivity index (χ2n) is 5.40. The van der Waals surface area contributed by atoms with Gasteiger partial charge in [0.1, 0.15) is 0 Å². The Bertz CT molecular complexity index is 775. The lowest BCUT2D eigenvalue weighted by atomic mass is 10.2. The number of rotatable bonds is 7. The number of nitro groups is 1. The summed E-state index contributed by atoms with van der Waals surface area (Å²) in [6.07, 6.45) is 2.48. The van der Waals surface area contributed by atoms with Crippen LogP contribution < -0.4 is 9.47 Å². The van der Waals surface area contributed by atoms with Gasteiger partial charge < -0.3 is 9.47 Å². The van der Waals surface area contributed by atoms with Crippen LogP contribution in [0.25, 0.3) is 0 Å². The minimum atomic E-state index is -0.450. The van der Waals surface area contributed by atoms with E-state index in [1.54, 1.807) is 37.6 Å². The van der Waals surface area contributed by atoms with E-state index in [9.17, 15) is 10.1 Å². The maximum absolute atomic E-state index is 10.7. The van der Waals surface area contributed by atoms with Crippen molar-refractivity contribution in [3.8, 4) is 11.5 Å². The van der Waals surface area contributed by atoms with E-state index in [0.29, 0.717) is 22.2 Å². The number of nitrogens with zero attached hydrogens (tertiary/aromatic N) is 2. The van der Waals surface area contributed by atoms with Crippen LogP contribution in [0.3, 0.4) is 0 Å². The van der Waals surface area contributed by atoms with Gasteiger partial charge in [-0.3, -0.25) is 15.1 Å². The molecule has 25 heavy (non-hydrogen) atoms. The molecular formula is C18H19ClN2O4. The first-order valence-electron chi connectivity index (χ1n) is 7.77. The van der Waals surface area contributed by atoms with Gasteiger partial charge in [-0.05, 0) is 43.2 Å². The van der Waals surface area contributed by atoms with Crippen molar-refractivity contribution in [1.82, 2.24) is 0 Å². The summed E-state index contributed by atoms with van der Waals surface area (Å²) in [5, 5.41) is 11.1. The molecule has 0 aliphatic carbocycles. The summed E-state index contributed by atoms with van der Waals surface area (Å²) >= 11 is 6.31. The standard InChI is InChI=1S/C18H19ClN2O4/c1-4-12(2)25-18-16(19)9-13(10-17(18)24-3)11-20-14-5-7-15(8-6-14)21(22)23/h5-12H,4H2,1-3H3/t12-/m1/s1. The van der Waals surface area contributed by atoms with Crippen molar-refractivity contribution in [3.63, 3.8) is 0 Å². The molecule has 7 heteroatoms. The Labute approximate surface area is 151 Å². The van der Waals surface area contributed by atoms with Crippen molar-refractivity contribution >= 4 is 29.2 Å². The van der Waals surface area contributed by atoms with Gasteiger partial charge in [0.2, 0.25) is 0 Å². The molecule has 2 aromatic rings. The Kier molecular flexibility index (Phi) is 6.36. The normalized spacial score (nSPS) is 12.2. The van der Waals surface area contributed by atoms with E-state index in [4.69, 9.17) is 21.1 Å². The molecule has 0 radical (unpaired) electrons. The predicted octanol–water partition coefficient (Wildman–Crippen LogP) is 5.18. The van der Waals surface area contributed by atoms with E-state index in [1.807, 2.05) is 13.8 Å². The number of ether oxygens (including phenoxy) is 2. The molecule has 0 saturated carbocycles. The van der Waals surface area contributed by atoms with E-state index < -0.39 is 4.92 Å². The number of nitro benzene ring substituents is 1. The van der Waals surface area contributed by atoms with E-state index >= 15 is 0 Å². The van der Waals surface area contributed by atoms with Gasteiger partial charge in [-0.2, -0.15) is 0 Å². The van der Waals surface area contributed by atoms with Crippen LogP contribution in [0.4, 0.5) is 11.4 Å². The Morgan fingerprint density at radius 1 is 1.32 bits per heavy atom. The summed E-state index contributed by atoms with van der Waals surface area (Å²) in [4.78, 5) is 14.5. The molecule has 0 aromatic heterocycles. The number of halogens is 1. The Morgan fingerprint density at radius 2 is 2.00 bits per heavy atom. The molecule has 2 aromatic carbocycles. The highest BCUT2D eigenvalue weighted by molar-refractivity contribution is 6.32. The van der Waals surface area contributed by atoms with E-state index in [2.05, 4.69) is 4.99 Å². The van der Waals surface area contributed by atoms with E-state index in [0.717, 1.165) is 12.0 Å². The number of hydrogen-bond donors (Lipinski definition) is 0. The van der Waals surface area contributed by atoms with Gasteiger partial charge in [0.05, 0.1) is 28.8 Å². The van der Waals surface area contributed by atoms with Gasteiger partial charge in [0.25, 0.3) is 5.69 Å². The van der Waals surface area contributed by atoms with Crippen LogP contribution in [0.2, 0.25) is 5.02 Å².